The number of ether oxygens (including phenoxy) is 1. The lowest BCUT2D eigenvalue weighted by Crippen LogP contribution is -2.29. The molecule has 0 saturated heterocycles. The number of aromatic nitrogens is 1. The molecule has 1 rings (SSSR count). The second-order valence-electron chi connectivity index (χ2n) is 6.23. The number of nitrogens with one attached hydrogen (secondary N) is 2. The average molecular weight is 346 g/mol. The Kier molecular flexibility index (Phi) is 9.51. The van der Waals surface area contributed by atoms with Gasteiger partial charge in [0.1, 0.15) is 0 Å². The predicted octanol–water partition coefficient (Wildman–Crippen LogP) is 3.16. The van der Waals surface area contributed by atoms with Gasteiger partial charge < -0.3 is 14.6 Å². The van der Waals surface area contributed by atoms with Crippen LogP contribution in [0.2, 0.25) is 0 Å². The number of hydrogen-bond acceptors (Lipinski definition) is 4. The van der Waals surface area contributed by atoms with Crippen LogP contribution in [0.15, 0.2) is 0 Å². The molecule has 0 spiro atoms. The standard InChI is InChI=1S/C17H31N3O2.ClH/c1-8-22-17(21)16-13(6)15(9-18-11(2)3)20(14(16)7)10-19-12(4)5;/h11-12,18-19H,8-10H2,1-7H3;1H. The Morgan fingerprint density at radius 2 is 1.70 bits per heavy atom. The fraction of sp³-hybridized carbons (Fsp3) is 0.706. The van der Waals surface area contributed by atoms with Crippen LogP contribution in [0.3, 0.4) is 0 Å². The summed E-state index contributed by atoms with van der Waals surface area (Å²) < 4.78 is 7.39. The third-order valence-electron chi connectivity index (χ3n) is 3.72. The number of halogens is 1. The molecule has 6 heteroatoms. The summed E-state index contributed by atoms with van der Waals surface area (Å²) >= 11 is 0. The molecule has 2 N–H and O–H groups in total. The van der Waals surface area contributed by atoms with Crippen molar-refractivity contribution in [2.75, 3.05) is 6.61 Å². The molecule has 1 aromatic rings. The summed E-state index contributed by atoms with van der Waals surface area (Å²) in [4.78, 5) is 12.3. The average Bonchev–Trinajstić information content (AvgIpc) is 2.65. The van der Waals surface area contributed by atoms with Gasteiger partial charge in [0.05, 0.1) is 18.8 Å². The van der Waals surface area contributed by atoms with E-state index >= 15 is 0 Å². The molecule has 0 aromatic carbocycles. The van der Waals surface area contributed by atoms with Gasteiger partial charge in [0, 0.05) is 30.0 Å². The Bertz CT molecular complexity index is 475. The molecule has 0 saturated carbocycles. The summed E-state index contributed by atoms with van der Waals surface area (Å²) in [7, 11) is 0. The van der Waals surface area contributed by atoms with Crippen molar-refractivity contribution in [1.82, 2.24) is 15.2 Å². The highest BCUT2D eigenvalue weighted by atomic mass is 35.5. The Balaban J connectivity index is 0.00000484. The van der Waals surface area contributed by atoms with Crippen LogP contribution in [0.5, 0.6) is 0 Å². The number of esters is 1. The van der Waals surface area contributed by atoms with E-state index in [1.807, 2.05) is 20.8 Å². The van der Waals surface area contributed by atoms with Crippen LogP contribution in [-0.4, -0.2) is 29.2 Å². The highest BCUT2D eigenvalue weighted by molar-refractivity contribution is 5.93. The maximum absolute atomic E-state index is 12.3. The van der Waals surface area contributed by atoms with Gasteiger partial charge in [-0.25, -0.2) is 4.79 Å². The summed E-state index contributed by atoms with van der Waals surface area (Å²) in [5, 5.41) is 6.87. The fourth-order valence-corrected chi connectivity index (χ4v) is 2.48. The quantitative estimate of drug-likeness (QED) is 0.711. The first-order valence-electron chi connectivity index (χ1n) is 8.11. The van der Waals surface area contributed by atoms with Gasteiger partial charge in [0.2, 0.25) is 0 Å². The Morgan fingerprint density at radius 1 is 1.13 bits per heavy atom. The zero-order valence-corrected chi connectivity index (χ0v) is 16.3. The summed E-state index contributed by atoms with van der Waals surface area (Å²) in [5.74, 6) is -0.230. The molecular weight excluding hydrogens is 314 g/mol. The molecular formula is C17H32ClN3O2. The maximum Gasteiger partial charge on any atom is 0.340 e. The second-order valence-corrected chi connectivity index (χ2v) is 6.23. The van der Waals surface area contributed by atoms with Gasteiger partial charge in [-0.3, -0.25) is 5.32 Å². The predicted molar refractivity (Wildman–Crippen MR) is 97.4 cm³/mol. The van der Waals surface area contributed by atoms with Gasteiger partial charge in [-0.05, 0) is 40.2 Å². The lowest BCUT2D eigenvalue weighted by Gasteiger charge is -2.17. The molecule has 0 unspecified atom stereocenters. The third-order valence-corrected chi connectivity index (χ3v) is 3.72. The minimum Gasteiger partial charge on any atom is -0.462 e. The van der Waals surface area contributed by atoms with E-state index in [0.29, 0.717) is 30.9 Å². The smallest absolute Gasteiger partial charge is 0.340 e. The van der Waals surface area contributed by atoms with Crippen LogP contribution in [0, 0.1) is 13.8 Å². The van der Waals surface area contributed by atoms with Crippen LogP contribution >= 0.6 is 12.4 Å². The van der Waals surface area contributed by atoms with Crippen LogP contribution in [-0.2, 0) is 18.0 Å². The Morgan fingerprint density at radius 3 is 2.17 bits per heavy atom. The molecule has 1 heterocycles. The van der Waals surface area contributed by atoms with Crippen LogP contribution in [0.4, 0.5) is 0 Å². The highest BCUT2D eigenvalue weighted by Crippen LogP contribution is 2.23. The first kappa shape index (κ1) is 22.0. The third kappa shape index (κ3) is 5.83. The molecule has 0 fully saturated rings. The van der Waals surface area contributed by atoms with Crippen molar-refractivity contribution < 1.29 is 9.53 Å². The molecule has 0 atom stereocenters. The SMILES string of the molecule is CCOC(=O)c1c(C)c(CNC(C)C)n(CNC(C)C)c1C.Cl. The van der Waals surface area contributed by atoms with Crippen LogP contribution in [0.25, 0.3) is 0 Å². The number of rotatable bonds is 8. The number of nitrogens with zero attached hydrogens (tertiary/aromatic N) is 1. The largest absolute Gasteiger partial charge is 0.462 e. The molecule has 0 aliphatic heterocycles. The van der Waals surface area contributed by atoms with Crippen molar-refractivity contribution in [2.24, 2.45) is 0 Å². The van der Waals surface area contributed by atoms with E-state index in [1.54, 1.807) is 0 Å². The van der Waals surface area contributed by atoms with Gasteiger partial charge in [-0.15, -0.1) is 12.4 Å². The molecule has 0 bridgehead atoms. The Hall–Kier alpha value is -1.04. The lowest BCUT2D eigenvalue weighted by molar-refractivity contribution is 0.0524. The second kappa shape index (κ2) is 9.96. The fourth-order valence-electron chi connectivity index (χ4n) is 2.48. The van der Waals surface area contributed by atoms with Crippen LogP contribution < -0.4 is 10.6 Å². The first-order valence-corrected chi connectivity index (χ1v) is 8.11. The monoisotopic (exact) mass is 345 g/mol. The number of carbonyl (C=O) groups excluding carboxylic acids is 1. The van der Waals surface area contributed by atoms with Crippen molar-refractivity contribution in [1.29, 1.82) is 0 Å². The van der Waals surface area contributed by atoms with Crippen molar-refractivity contribution in [3.8, 4) is 0 Å². The number of hydrogen-bond donors (Lipinski definition) is 2. The maximum atomic E-state index is 12.3. The summed E-state index contributed by atoms with van der Waals surface area (Å²) in [6.07, 6.45) is 0. The first-order chi connectivity index (χ1) is 10.3. The van der Waals surface area contributed by atoms with E-state index in [-0.39, 0.29) is 18.4 Å². The molecule has 1 aromatic heterocycles. The molecule has 0 aliphatic carbocycles. The number of carbonyl (C=O) groups is 1. The van der Waals surface area contributed by atoms with Crippen molar-refractivity contribution in [3.05, 3.63) is 22.5 Å². The molecule has 0 aliphatic rings. The van der Waals surface area contributed by atoms with Gasteiger partial charge in [-0.2, -0.15) is 0 Å². The lowest BCUT2D eigenvalue weighted by atomic mass is 10.1. The topological polar surface area (TPSA) is 55.3 Å². The summed E-state index contributed by atoms with van der Waals surface area (Å²) in [6, 6.07) is 0.784. The zero-order valence-electron chi connectivity index (χ0n) is 15.4. The van der Waals surface area contributed by atoms with Crippen LogP contribution in [0.1, 0.15) is 61.9 Å². The summed E-state index contributed by atoms with van der Waals surface area (Å²) in [5.41, 5.74) is 3.81. The molecule has 0 radical (unpaired) electrons. The zero-order chi connectivity index (χ0) is 16.9. The Labute approximate surface area is 146 Å². The van der Waals surface area contributed by atoms with Gasteiger partial charge in [0.25, 0.3) is 0 Å². The highest BCUT2D eigenvalue weighted by Gasteiger charge is 2.23. The molecule has 0 amide bonds. The van der Waals surface area contributed by atoms with E-state index in [0.717, 1.165) is 23.5 Å². The van der Waals surface area contributed by atoms with Crippen molar-refractivity contribution in [3.63, 3.8) is 0 Å². The minimum absolute atomic E-state index is 0. The van der Waals surface area contributed by atoms with Crippen molar-refractivity contribution in [2.45, 2.75) is 73.8 Å². The van der Waals surface area contributed by atoms with E-state index < -0.39 is 0 Å². The molecule has 5 nitrogen and oxygen atoms in total. The van der Waals surface area contributed by atoms with Gasteiger partial charge in [-0.1, -0.05) is 13.8 Å². The van der Waals surface area contributed by atoms with E-state index in [2.05, 4.69) is 42.9 Å². The molecule has 134 valence electrons. The minimum atomic E-state index is -0.230. The summed E-state index contributed by atoms with van der Waals surface area (Å²) in [6.45, 7) is 16.1. The van der Waals surface area contributed by atoms with E-state index in [9.17, 15) is 4.79 Å². The van der Waals surface area contributed by atoms with E-state index in [1.165, 1.54) is 0 Å². The van der Waals surface area contributed by atoms with E-state index in [4.69, 9.17) is 4.74 Å². The normalized spacial score (nSPS) is 11.0. The molecule has 23 heavy (non-hydrogen) atoms. The van der Waals surface area contributed by atoms with Crippen molar-refractivity contribution >= 4 is 18.4 Å². The van der Waals surface area contributed by atoms with Gasteiger partial charge >= 0.3 is 5.97 Å². The van der Waals surface area contributed by atoms with Gasteiger partial charge in [0.15, 0.2) is 0 Å².